The van der Waals surface area contributed by atoms with Gasteiger partial charge in [-0.15, -0.1) is 11.3 Å². The largest absolute Gasteiger partial charge is 0.397 e. The van der Waals surface area contributed by atoms with Gasteiger partial charge < -0.3 is 11.1 Å². The molecule has 1 aromatic rings. The summed E-state index contributed by atoms with van der Waals surface area (Å²) in [6, 6.07) is 2.45. The minimum absolute atomic E-state index is 0.00801. The van der Waals surface area contributed by atoms with Crippen LogP contribution in [0.2, 0.25) is 0 Å². The number of nitrogens with two attached hydrogens (primary N) is 1. The van der Waals surface area contributed by atoms with E-state index >= 15 is 0 Å². The van der Waals surface area contributed by atoms with E-state index in [0.717, 1.165) is 10.9 Å². The standard InChI is InChI=1S/C12H18N2OS/c1-6(2)11(15)12-8(13)5-10(16-12)14-9-4-7(9)3/h5-7,9,14H,4,13H2,1-3H3. The van der Waals surface area contributed by atoms with E-state index in [0.29, 0.717) is 16.6 Å². The number of nitrogen functional groups attached to an aromatic ring is 1. The van der Waals surface area contributed by atoms with Gasteiger partial charge in [-0.1, -0.05) is 20.8 Å². The number of hydrogen-bond donors (Lipinski definition) is 2. The fourth-order valence-electron chi connectivity index (χ4n) is 1.64. The molecule has 1 aliphatic carbocycles. The third-order valence-corrected chi connectivity index (χ3v) is 4.04. The van der Waals surface area contributed by atoms with Crippen LogP contribution in [0, 0.1) is 11.8 Å². The molecule has 2 atom stereocenters. The van der Waals surface area contributed by atoms with Crippen LogP contribution < -0.4 is 11.1 Å². The van der Waals surface area contributed by atoms with Gasteiger partial charge in [0.05, 0.1) is 15.6 Å². The molecule has 0 aromatic carbocycles. The topological polar surface area (TPSA) is 55.1 Å². The molecule has 2 unspecified atom stereocenters. The van der Waals surface area contributed by atoms with Crippen molar-refractivity contribution in [2.45, 2.75) is 33.2 Å². The van der Waals surface area contributed by atoms with Crippen LogP contribution in [0.5, 0.6) is 0 Å². The minimum atomic E-state index is 0.00801. The average molecular weight is 238 g/mol. The number of nitrogens with one attached hydrogen (secondary N) is 1. The van der Waals surface area contributed by atoms with E-state index in [9.17, 15) is 4.79 Å². The van der Waals surface area contributed by atoms with E-state index in [4.69, 9.17) is 5.73 Å². The summed E-state index contributed by atoms with van der Waals surface area (Å²) in [5.41, 5.74) is 6.47. The highest BCUT2D eigenvalue weighted by atomic mass is 32.1. The van der Waals surface area contributed by atoms with Crippen LogP contribution in [0.15, 0.2) is 6.07 Å². The maximum Gasteiger partial charge on any atom is 0.177 e. The molecule has 1 heterocycles. The predicted molar refractivity (Wildman–Crippen MR) is 69.1 cm³/mol. The van der Waals surface area contributed by atoms with Crippen molar-refractivity contribution < 1.29 is 4.79 Å². The van der Waals surface area contributed by atoms with E-state index in [1.165, 1.54) is 17.8 Å². The van der Waals surface area contributed by atoms with Crippen LogP contribution in [0.1, 0.15) is 36.9 Å². The molecule has 16 heavy (non-hydrogen) atoms. The molecule has 1 aromatic heterocycles. The highest BCUT2D eigenvalue weighted by Crippen LogP contribution is 2.37. The van der Waals surface area contributed by atoms with Gasteiger partial charge in [0.15, 0.2) is 5.78 Å². The highest BCUT2D eigenvalue weighted by Gasteiger charge is 2.33. The Bertz CT molecular complexity index is 411. The molecule has 1 saturated carbocycles. The third-order valence-electron chi connectivity index (χ3n) is 2.95. The van der Waals surface area contributed by atoms with Gasteiger partial charge in [0, 0.05) is 12.0 Å². The Morgan fingerprint density at radius 2 is 2.25 bits per heavy atom. The van der Waals surface area contributed by atoms with Gasteiger partial charge in [0.1, 0.15) is 0 Å². The van der Waals surface area contributed by atoms with E-state index < -0.39 is 0 Å². The number of Topliss-reactive ketones (excluding diaryl/α,β-unsaturated/α-hetero) is 1. The van der Waals surface area contributed by atoms with Gasteiger partial charge >= 0.3 is 0 Å². The van der Waals surface area contributed by atoms with Crippen LogP contribution in [-0.2, 0) is 0 Å². The normalized spacial score (nSPS) is 23.5. The molecular weight excluding hydrogens is 220 g/mol. The molecular formula is C12H18N2OS. The van der Waals surface area contributed by atoms with Crippen LogP contribution in [0.25, 0.3) is 0 Å². The van der Waals surface area contributed by atoms with Crippen LogP contribution in [0.3, 0.4) is 0 Å². The molecule has 0 amide bonds. The van der Waals surface area contributed by atoms with Gasteiger partial charge in [-0.05, 0) is 18.4 Å². The fourth-order valence-corrected chi connectivity index (χ4v) is 2.77. The Labute approximate surface area is 100 Å². The van der Waals surface area contributed by atoms with Gasteiger partial charge in [-0.2, -0.15) is 0 Å². The van der Waals surface area contributed by atoms with E-state index in [1.807, 2.05) is 19.9 Å². The second-order valence-corrected chi connectivity index (χ2v) is 5.93. The van der Waals surface area contributed by atoms with Crippen molar-refractivity contribution in [3.63, 3.8) is 0 Å². The van der Waals surface area contributed by atoms with E-state index in [1.54, 1.807) is 0 Å². The van der Waals surface area contributed by atoms with Crippen molar-refractivity contribution in [2.24, 2.45) is 11.8 Å². The van der Waals surface area contributed by atoms with Crippen LogP contribution in [0.4, 0.5) is 10.7 Å². The Hall–Kier alpha value is -1.03. The predicted octanol–water partition coefficient (Wildman–Crippen LogP) is 2.99. The first-order valence-electron chi connectivity index (χ1n) is 5.69. The highest BCUT2D eigenvalue weighted by molar-refractivity contribution is 7.18. The van der Waals surface area contributed by atoms with Crippen LogP contribution in [-0.4, -0.2) is 11.8 Å². The third kappa shape index (κ3) is 2.21. The van der Waals surface area contributed by atoms with E-state index in [-0.39, 0.29) is 11.7 Å². The van der Waals surface area contributed by atoms with Gasteiger partial charge in [-0.25, -0.2) is 0 Å². The number of thiophene rings is 1. The SMILES string of the molecule is CC(C)C(=O)c1sc(NC2CC2C)cc1N. The van der Waals surface area contributed by atoms with E-state index in [2.05, 4.69) is 12.2 Å². The molecule has 0 spiro atoms. The molecule has 88 valence electrons. The smallest absolute Gasteiger partial charge is 0.177 e. The van der Waals surface area contributed by atoms with Crippen molar-refractivity contribution in [2.75, 3.05) is 11.1 Å². The fraction of sp³-hybridized carbons (Fsp3) is 0.583. The molecule has 0 radical (unpaired) electrons. The Morgan fingerprint density at radius 1 is 1.62 bits per heavy atom. The Morgan fingerprint density at radius 3 is 2.75 bits per heavy atom. The molecule has 0 saturated heterocycles. The lowest BCUT2D eigenvalue weighted by Gasteiger charge is -2.01. The zero-order valence-corrected chi connectivity index (χ0v) is 10.7. The number of hydrogen-bond acceptors (Lipinski definition) is 4. The van der Waals surface area contributed by atoms with Crippen molar-refractivity contribution in [1.82, 2.24) is 0 Å². The summed E-state index contributed by atoms with van der Waals surface area (Å²) in [7, 11) is 0. The monoisotopic (exact) mass is 238 g/mol. The summed E-state index contributed by atoms with van der Waals surface area (Å²) in [6.45, 7) is 6.02. The van der Waals surface area contributed by atoms with Gasteiger partial charge in [0.25, 0.3) is 0 Å². The van der Waals surface area contributed by atoms with Crippen molar-refractivity contribution in [3.05, 3.63) is 10.9 Å². The minimum Gasteiger partial charge on any atom is -0.397 e. The maximum absolute atomic E-state index is 11.8. The maximum atomic E-state index is 11.8. The number of carbonyl (C=O) groups excluding carboxylic acids is 1. The summed E-state index contributed by atoms with van der Waals surface area (Å²) < 4.78 is 0. The number of ketones is 1. The zero-order valence-electron chi connectivity index (χ0n) is 9.91. The zero-order chi connectivity index (χ0) is 11.9. The summed E-state index contributed by atoms with van der Waals surface area (Å²) in [4.78, 5) is 12.5. The molecule has 4 heteroatoms. The molecule has 1 aliphatic rings. The first-order valence-corrected chi connectivity index (χ1v) is 6.50. The molecule has 3 nitrogen and oxygen atoms in total. The summed E-state index contributed by atoms with van der Waals surface area (Å²) in [5, 5.41) is 4.43. The first-order chi connectivity index (χ1) is 7.49. The van der Waals surface area contributed by atoms with Crippen molar-refractivity contribution in [1.29, 1.82) is 0 Å². The summed E-state index contributed by atoms with van der Waals surface area (Å²) in [6.07, 6.45) is 1.21. The van der Waals surface area contributed by atoms with Crippen LogP contribution >= 0.6 is 11.3 Å². The Balaban J connectivity index is 2.12. The molecule has 1 fully saturated rings. The quantitative estimate of drug-likeness (QED) is 0.793. The second-order valence-electron chi connectivity index (χ2n) is 4.88. The van der Waals surface area contributed by atoms with Crippen molar-refractivity contribution in [3.8, 4) is 0 Å². The molecule has 3 N–H and O–H groups in total. The van der Waals surface area contributed by atoms with Gasteiger partial charge in [0.2, 0.25) is 0 Å². The number of rotatable bonds is 4. The molecule has 2 rings (SSSR count). The second kappa shape index (κ2) is 4.09. The molecule has 0 bridgehead atoms. The lowest BCUT2D eigenvalue weighted by molar-refractivity contribution is 0.0944. The number of carbonyl (C=O) groups is 1. The first kappa shape index (κ1) is 11.5. The summed E-state index contributed by atoms with van der Waals surface area (Å²) >= 11 is 1.48. The lowest BCUT2D eigenvalue weighted by Crippen LogP contribution is -2.07. The summed E-state index contributed by atoms with van der Waals surface area (Å²) in [5.74, 6) is 0.889. The van der Waals surface area contributed by atoms with Gasteiger partial charge in [-0.3, -0.25) is 4.79 Å². The average Bonchev–Trinajstić information content (AvgIpc) is 2.74. The lowest BCUT2D eigenvalue weighted by atomic mass is 10.1. The Kier molecular flexibility index (Phi) is 2.93. The van der Waals surface area contributed by atoms with Crippen molar-refractivity contribution >= 4 is 27.8 Å². The number of anilines is 2. The molecule has 0 aliphatic heterocycles.